The van der Waals surface area contributed by atoms with Gasteiger partial charge in [-0.1, -0.05) is 102 Å². The van der Waals surface area contributed by atoms with Crippen LogP contribution in [0.25, 0.3) is 39.0 Å². The van der Waals surface area contributed by atoms with Crippen LogP contribution in [0.15, 0.2) is 102 Å². The summed E-state index contributed by atoms with van der Waals surface area (Å²) >= 11 is 18.5. The van der Waals surface area contributed by atoms with Crippen molar-refractivity contribution in [2.45, 2.75) is 161 Å². The predicted molar refractivity (Wildman–Crippen MR) is 359 cm³/mol. The minimum absolute atomic E-state index is 0. The van der Waals surface area contributed by atoms with E-state index in [9.17, 15) is 0 Å². The van der Waals surface area contributed by atoms with Crippen molar-refractivity contribution >= 4 is 133 Å². The van der Waals surface area contributed by atoms with Crippen molar-refractivity contribution in [1.82, 2.24) is 0 Å². The van der Waals surface area contributed by atoms with Crippen LogP contribution in [0.5, 0.6) is 0 Å². The molecule has 0 aliphatic rings. The maximum Gasteiger partial charge on any atom is 0.0674 e. The van der Waals surface area contributed by atoms with E-state index in [1.54, 1.807) is 22.7 Å². The largest absolute Gasteiger partial charge is 0.398 e. The molecule has 0 spiro atoms. The lowest BCUT2D eigenvalue weighted by Crippen LogP contribution is -2.34. The molecule has 9 aromatic rings. The van der Waals surface area contributed by atoms with Gasteiger partial charge in [-0.15, -0.1) is 103 Å². The third-order valence-electron chi connectivity index (χ3n) is 11.2. The lowest BCUT2D eigenvalue weighted by atomic mass is 10.0. The number of benzene rings is 1. The fraction of sp³-hybridized carbons (Fsp3) is 0.387. The average molecular weight is 1240 g/mol. The lowest BCUT2D eigenvalue weighted by molar-refractivity contribution is 0.644. The Hall–Kier alpha value is -2.18. The van der Waals surface area contributed by atoms with Gasteiger partial charge < -0.3 is 5.73 Å². The quantitative estimate of drug-likeness (QED) is 0.165. The first-order valence-electron chi connectivity index (χ1n) is 24.4. The van der Waals surface area contributed by atoms with Crippen molar-refractivity contribution in [3.8, 4) is 39.0 Å². The van der Waals surface area contributed by atoms with Crippen LogP contribution in [0.1, 0.15) is 131 Å². The molecule has 1 aromatic carbocycles. The number of anilines is 1. The van der Waals surface area contributed by atoms with Gasteiger partial charge in [0, 0.05) is 79.2 Å². The number of nitrogens with two attached hydrogens (primary N) is 1. The van der Waals surface area contributed by atoms with Gasteiger partial charge in [-0.2, -0.15) is 0 Å². The maximum atomic E-state index is 5.90. The van der Waals surface area contributed by atoms with Gasteiger partial charge in [0.05, 0.1) is 15.4 Å². The molecule has 0 aliphatic heterocycles. The molecule has 402 valence electrons. The minimum atomic E-state index is 0. The Morgan fingerprint density at radius 1 is 0.392 bits per heavy atom. The standard InChI is InChI=1S/C21H20S4.C12H27P.C10H9BrS2.C10H11NS2.C8H10.CH4.ClH/c1-12-5-7-18(22-12)20-16(9-14(3)24-20)11-17-10-15(4)25-21(17)19-8-6-13(2)23-19;1-10(2,3)13(11(4,5)6)12(7,8)9;2*1-6-3-4-9(12-6)10-8(11)5-7(2)13-10;1-7-5-3-4-6-8(7)2;;/h5-10H,11H2,1-4H3;1-9H3;3-5H,1-2H3;3-5H,11H2,1-2H3;3-6H,1-2H3;1H4;1H. The van der Waals surface area contributed by atoms with Crippen LogP contribution in [0.4, 0.5) is 5.69 Å². The van der Waals surface area contributed by atoms with E-state index in [1.807, 2.05) is 74.1 Å². The second-order valence-corrected chi connectivity index (χ2v) is 37.1. The van der Waals surface area contributed by atoms with Crippen molar-refractivity contribution in [1.29, 1.82) is 0 Å². The Morgan fingerprint density at radius 2 is 0.689 bits per heavy atom. The summed E-state index contributed by atoms with van der Waals surface area (Å²) in [5.41, 5.74) is 12.5. The highest BCUT2D eigenvalue weighted by molar-refractivity contribution is 9.10. The van der Waals surface area contributed by atoms with Crippen LogP contribution >= 0.6 is 127 Å². The van der Waals surface area contributed by atoms with E-state index >= 15 is 0 Å². The zero-order valence-corrected chi connectivity index (χ0v) is 56.4. The Kier molecular flexibility index (Phi) is 25.6. The van der Waals surface area contributed by atoms with Crippen molar-refractivity contribution in [3.05, 3.63) is 163 Å². The van der Waals surface area contributed by atoms with E-state index in [2.05, 4.69) is 238 Å². The zero-order valence-electron chi connectivity index (χ0n) is 46.5. The summed E-state index contributed by atoms with van der Waals surface area (Å²) < 4.78 is 1.22. The molecule has 0 saturated carbocycles. The van der Waals surface area contributed by atoms with Crippen molar-refractivity contribution in [2.75, 3.05) is 5.73 Å². The van der Waals surface area contributed by atoms with Gasteiger partial charge in [-0.05, 0) is 196 Å². The van der Waals surface area contributed by atoms with Gasteiger partial charge in [0.1, 0.15) is 0 Å². The molecule has 2 N–H and O–H groups in total. The fourth-order valence-electron chi connectivity index (χ4n) is 9.30. The fourth-order valence-corrected chi connectivity index (χ4v) is 24.3. The van der Waals surface area contributed by atoms with Crippen LogP contribution in [-0.4, -0.2) is 15.5 Å². The molecule has 0 atom stereocenters. The Bertz CT molecular complexity index is 2900. The van der Waals surface area contributed by atoms with Gasteiger partial charge in [0.15, 0.2) is 0 Å². The molecular weight excluding hydrogens is 1160 g/mol. The first-order valence-corrected chi connectivity index (χ1v) is 33.1. The van der Waals surface area contributed by atoms with Gasteiger partial charge in [0.2, 0.25) is 0 Å². The average Bonchev–Trinajstić information content (AvgIpc) is 4.13. The molecule has 1 nitrogen and oxygen atoms in total. The molecule has 0 radical (unpaired) electrons. The number of aryl methyl sites for hydroxylation is 10. The third-order valence-corrected chi connectivity index (χ3v) is 25.2. The van der Waals surface area contributed by atoms with Crippen LogP contribution < -0.4 is 5.73 Å². The molecule has 0 bridgehead atoms. The molecule has 12 heteroatoms. The monoisotopic (exact) mass is 1240 g/mol. The van der Waals surface area contributed by atoms with E-state index in [0.29, 0.717) is 15.5 Å². The Labute approximate surface area is 496 Å². The normalized spacial score (nSPS) is 11.3. The van der Waals surface area contributed by atoms with Crippen LogP contribution in [0.3, 0.4) is 0 Å². The van der Waals surface area contributed by atoms with Crippen LogP contribution in [-0.2, 0) is 6.42 Å². The SMILES string of the molecule is C.CC(C)(C)P(C(C)(C)C)C(C)(C)C.Cc1ccc(-c2sc(C)cc2Br)s1.Cc1ccc(-c2sc(C)cc2Cc2cc(C)sc2-c2ccc(C)s2)s1.Cc1ccc(-c2sc(C)cc2N)s1.Cc1ccccc1C.Cl. The van der Waals surface area contributed by atoms with Gasteiger partial charge in [0.25, 0.3) is 0 Å². The first-order chi connectivity index (χ1) is 33.5. The summed E-state index contributed by atoms with van der Waals surface area (Å²) in [7, 11) is 0.0162. The molecule has 0 saturated heterocycles. The second-order valence-electron chi connectivity index (χ2n) is 21.3. The van der Waals surface area contributed by atoms with Gasteiger partial charge in [-0.25, -0.2) is 0 Å². The number of halogens is 2. The lowest BCUT2D eigenvalue weighted by Gasteiger charge is -2.49. The van der Waals surface area contributed by atoms with E-state index < -0.39 is 0 Å². The van der Waals surface area contributed by atoms with E-state index in [1.165, 1.54) is 105 Å². The van der Waals surface area contributed by atoms with Crippen molar-refractivity contribution < 1.29 is 0 Å². The molecule has 0 fully saturated rings. The molecular formula is C62H82BrClNPS8. The molecule has 9 rings (SSSR count). The van der Waals surface area contributed by atoms with Gasteiger partial charge in [-0.3, -0.25) is 0 Å². The zero-order chi connectivity index (χ0) is 53.5. The Balaban J connectivity index is 0.000000256. The number of hydrogen-bond acceptors (Lipinski definition) is 9. The van der Waals surface area contributed by atoms with Crippen LogP contribution in [0, 0.1) is 69.2 Å². The topological polar surface area (TPSA) is 26.0 Å². The molecule has 74 heavy (non-hydrogen) atoms. The third kappa shape index (κ3) is 19.3. The predicted octanol–water partition coefficient (Wildman–Crippen LogP) is 24.8. The van der Waals surface area contributed by atoms with Crippen molar-refractivity contribution in [2.24, 2.45) is 0 Å². The summed E-state index contributed by atoms with van der Waals surface area (Å²) in [6.07, 6.45) is 1.02. The molecule has 0 unspecified atom stereocenters. The highest BCUT2D eigenvalue weighted by Crippen LogP contribution is 2.67. The summed E-state index contributed by atoms with van der Waals surface area (Å²) in [6.45, 7) is 43.0. The van der Waals surface area contributed by atoms with E-state index in [-0.39, 0.29) is 27.8 Å². The molecule has 0 aliphatic carbocycles. The summed E-state index contributed by atoms with van der Waals surface area (Å²) in [4.78, 5) is 21.8. The summed E-state index contributed by atoms with van der Waals surface area (Å²) in [6, 6.07) is 35.0. The Morgan fingerprint density at radius 3 is 0.946 bits per heavy atom. The van der Waals surface area contributed by atoms with Crippen LogP contribution in [0.2, 0.25) is 0 Å². The molecule has 8 heterocycles. The second kappa shape index (κ2) is 28.6. The number of nitrogen functional groups attached to an aromatic ring is 1. The van der Waals surface area contributed by atoms with Gasteiger partial charge >= 0.3 is 0 Å². The number of rotatable bonds is 6. The summed E-state index contributed by atoms with van der Waals surface area (Å²) in [5.74, 6) is 0. The number of thiophene rings is 8. The molecule has 8 aromatic heterocycles. The smallest absolute Gasteiger partial charge is 0.0674 e. The maximum absolute atomic E-state index is 5.90. The van der Waals surface area contributed by atoms with Crippen molar-refractivity contribution in [3.63, 3.8) is 0 Å². The highest BCUT2D eigenvalue weighted by Gasteiger charge is 2.41. The van der Waals surface area contributed by atoms with E-state index in [4.69, 9.17) is 5.73 Å². The minimum Gasteiger partial charge on any atom is -0.398 e. The number of hydrogen-bond donors (Lipinski definition) is 1. The highest BCUT2D eigenvalue weighted by atomic mass is 79.9. The first kappa shape index (κ1) is 66.1. The van der Waals surface area contributed by atoms with E-state index in [0.717, 1.165) is 12.1 Å². The molecule has 0 amide bonds. The summed E-state index contributed by atoms with van der Waals surface area (Å²) in [5, 5.41) is 1.35.